The first-order chi connectivity index (χ1) is 9.10. The van der Waals surface area contributed by atoms with Gasteiger partial charge < -0.3 is 4.74 Å². The predicted molar refractivity (Wildman–Crippen MR) is 75.1 cm³/mol. The summed E-state index contributed by atoms with van der Waals surface area (Å²) in [5, 5.41) is 0. The zero-order chi connectivity index (χ0) is 13.8. The summed E-state index contributed by atoms with van der Waals surface area (Å²) in [6, 6.07) is 11.2. The predicted octanol–water partition coefficient (Wildman–Crippen LogP) is 4.02. The van der Waals surface area contributed by atoms with Crippen molar-refractivity contribution in [2.24, 2.45) is 0 Å². The van der Waals surface area contributed by atoms with Gasteiger partial charge in [0.25, 0.3) is 0 Å². The molecule has 0 atom stereocenters. The molecule has 2 nitrogen and oxygen atoms in total. The van der Waals surface area contributed by atoms with Crippen LogP contribution in [0.3, 0.4) is 0 Å². The lowest BCUT2D eigenvalue weighted by Gasteiger charge is -2.06. The van der Waals surface area contributed by atoms with Gasteiger partial charge in [-0.25, -0.2) is 4.39 Å². The van der Waals surface area contributed by atoms with Crippen LogP contribution in [-0.4, -0.2) is 12.9 Å². The van der Waals surface area contributed by atoms with E-state index < -0.39 is 0 Å². The second-order valence-corrected chi connectivity index (χ2v) is 4.92. The molecule has 0 unspecified atom stereocenters. The number of Topliss-reactive ketones (excluding diaryl/α,β-unsaturated/α-hetero) is 1. The van der Waals surface area contributed by atoms with Crippen molar-refractivity contribution in [1.82, 2.24) is 0 Å². The number of benzene rings is 2. The van der Waals surface area contributed by atoms with Gasteiger partial charge in [0.1, 0.15) is 11.6 Å². The topological polar surface area (TPSA) is 26.3 Å². The Morgan fingerprint density at radius 3 is 2.79 bits per heavy atom. The zero-order valence-electron chi connectivity index (χ0n) is 10.3. The van der Waals surface area contributed by atoms with E-state index in [-0.39, 0.29) is 18.0 Å². The van der Waals surface area contributed by atoms with E-state index in [0.29, 0.717) is 16.9 Å². The van der Waals surface area contributed by atoms with E-state index >= 15 is 0 Å². The molecule has 98 valence electrons. The van der Waals surface area contributed by atoms with Gasteiger partial charge in [-0.3, -0.25) is 4.79 Å². The van der Waals surface area contributed by atoms with Crippen LogP contribution in [-0.2, 0) is 6.42 Å². The Morgan fingerprint density at radius 1 is 1.26 bits per heavy atom. The monoisotopic (exact) mass is 322 g/mol. The number of halogens is 2. The fourth-order valence-electron chi connectivity index (χ4n) is 1.75. The quantitative estimate of drug-likeness (QED) is 0.795. The van der Waals surface area contributed by atoms with Crippen molar-refractivity contribution in [3.05, 3.63) is 63.9 Å². The standard InChI is InChI=1S/C15H12BrFO2/c1-19-13-4-2-3-10(8-13)15(18)9-11-7-12(17)5-6-14(11)16/h2-8H,9H2,1H3. The maximum Gasteiger partial charge on any atom is 0.167 e. The lowest BCUT2D eigenvalue weighted by Crippen LogP contribution is -2.04. The van der Waals surface area contributed by atoms with Gasteiger partial charge in [-0.1, -0.05) is 28.1 Å². The van der Waals surface area contributed by atoms with Crippen molar-refractivity contribution in [2.75, 3.05) is 7.11 Å². The molecular formula is C15H12BrFO2. The van der Waals surface area contributed by atoms with Crippen LogP contribution in [0.15, 0.2) is 46.9 Å². The minimum atomic E-state index is -0.350. The summed E-state index contributed by atoms with van der Waals surface area (Å²) in [5.41, 5.74) is 1.18. The van der Waals surface area contributed by atoms with E-state index in [1.165, 1.54) is 12.1 Å². The van der Waals surface area contributed by atoms with Crippen LogP contribution in [0.25, 0.3) is 0 Å². The summed E-state index contributed by atoms with van der Waals surface area (Å²) in [6.45, 7) is 0. The van der Waals surface area contributed by atoms with Crippen molar-refractivity contribution in [3.63, 3.8) is 0 Å². The van der Waals surface area contributed by atoms with Crippen LogP contribution in [0.2, 0.25) is 0 Å². The Balaban J connectivity index is 2.22. The van der Waals surface area contributed by atoms with Crippen LogP contribution < -0.4 is 4.74 Å². The minimum absolute atomic E-state index is 0.0785. The Labute approximate surface area is 119 Å². The molecule has 0 aliphatic rings. The van der Waals surface area contributed by atoms with E-state index in [2.05, 4.69) is 15.9 Å². The number of methoxy groups -OCH3 is 1. The number of rotatable bonds is 4. The molecule has 2 aromatic carbocycles. The molecule has 0 saturated carbocycles. The Morgan fingerprint density at radius 2 is 2.05 bits per heavy atom. The number of carbonyl (C=O) groups excluding carboxylic acids is 1. The van der Waals surface area contributed by atoms with E-state index in [1.54, 1.807) is 37.4 Å². The average molecular weight is 323 g/mol. The summed E-state index contributed by atoms with van der Waals surface area (Å²) in [4.78, 5) is 12.1. The molecule has 0 aliphatic carbocycles. The Hall–Kier alpha value is -1.68. The zero-order valence-corrected chi connectivity index (χ0v) is 11.9. The third kappa shape index (κ3) is 3.41. The van der Waals surface area contributed by atoms with Crippen molar-refractivity contribution >= 4 is 21.7 Å². The minimum Gasteiger partial charge on any atom is -0.497 e. The van der Waals surface area contributed by atoms with Crippen LogP contribution in [0, 0.1) is 5.82 Å². The van der Waals surface area contributed by atoms with E-state index in [4.69, 9.17) is 4.74 Å². The van der Waals surface area contributed by atoms with Crippen LogP contribution in [0.5, 0.6) is 5.75 Å². The maximum atomic E-state index is 13.2. The van der Waals surface area contributed by atoms with Gasteiger partial charge in [0.15, 0.2) is 5.78 Å². The van der Waals surface area contributed by atoms with Gasteiger partial charge in [-0.05, 0) is 35.9 Å². The van der Waals surface area contributed by atoms with E-state index in [1.807, 2.05) is 0 Å². The highest BCUT2D eigenvalue weighted by Crippen LogP contribution is 2.21. The number of ether oxygens (including phenoxy) is 1. The third-order valence-corrected chi connectivity index (χ3v) is 3.52. The van der Waals surface area contributed by atoms with Gasteiger partial charge >= 0.3 is 0 Å². The maximum absolute atomic E-state index is 13.2. The average Bonchev–Trinajstić information content (AvgIpc) is 2.43. The second kappa shape index (κ2) is 5.97. The highest BCUT2D eigenvalue weighted by atomic mass is 79.9. The molecule has 0 aromatic heterocycles. The number of hydrogen-bond acceptors (Lipinski definition) is 2. The number of carbonyl (C=O) groups is 1. The summed E-state index contributed by atoms with van der Waals surface area (Å²) in [6.07, 6.45) is 0.144. The fourth-order valence-corrected chi connectivity index (χ4v) is 2.14. The molecule has 0 N–H and O–H groups in total. The molecule has 4 heteroatoms. The molecule has 0 fully saturated rings. The molecule has 0 radical (unpaired) electrons. The SMILES string of the molecule is COc1cccc(C(=O)Cc2cc(F)ccc2Br)c1. The fraction of sp³-hybridized carbons (Fsp3) is 0.133. The number of hydrogen-bond donors (Lipinski definition) is 0. The smallest absolute Gasteiger partial charge is 0.167 e. The lowest BCUT2D eigenvalue weighted by atomic mass is 10.0. The third-order valence-electron chi connectivity index (χ3n) is 2.75. The second-order valence-electron chi connectivity index (χ2n) is 4.07. The lowest BCUT2D eigenvalue weighted by molar-refractivity contribution is 0.0992. The summed E-state index contributed by atoms with van der Waals surface area (Å²) in [7, 11) is 1.55. The van der Waals surface area contributed by atoms with Crippen LogP contribution >= 0.6 is 15.9 Å². The largest absolute Gasteiger partial charge is 0.497 e. The highest BCUT2D eigenvalue weighted by Gasteiger charge is 2.11. The summed E-state index contributed by atoms with van der Waals surface area (Å²) >= 11 is 3.32. The molecule has 0 bridgehead atoms. The van der Waals surface area contributed by atoms with Gasteiger partial charge in [-0.2, -0.15) is 0 Å². The Kier molecular flexibility index (Phi) is 4.32. The van der Waals surface area contributed by atoms with Crippen molar-refractivity contribution < 1.29 is 13.9 Å². The molecule has 0 aliphatic heterocycles. The van der Waals surface area contributed by atoms with Crippen molar-refractivity contribution in [2.45, 2.75) is 6.42 Å². The van der Waals surface area contributed by atoms with Crippen LogP contribution in [0.4, 0.5) is 4.39 Å². The normalized spacial score (nSPS) is 10.3. The molecule has 19 heavy (non-hydrogen) atoms. The van der Waals surface area contributed by atoms with Gasteiger partial charge in [0.2, 0.25) is 0 Å². The molecule has 0 spiro atoms. The number of ketones is 1. The van der Waals surface area contributed by atoms with Crippen LogP contribution in [0.1, 0.15) is 15.9 Å². The molecule has 2 aromatic rings. The van der Waals surface area contributed by atoms with Gasteiger partial charge in [0, 0.05) is 16.5 Å². The molecule has 0 amide bonds. The first-order valence-corrected chi connectivity index (χ1v) is 6.50. The Bertz CT molecular complexity index is 611. The van der Waals surface area contributed by atoms with Crippen molar-refractivity contribution in [1.29, 1.82) is 0 Å². The summed E-state index contributed by atoms with van der Waals surface area (Å²) in [5.74, 6) is 0.200. The highest BCUT2D eigenvalue weighted by molar-refractivity contribution is 9.10. The summed E-state index contributed by atoms with van der Waals surface area (Å²) < 4.78 is 19.0. The van der Waals surface area contributed by atoms with E-state index in [0.717, 1.165) is 4.47 Å². The molecule has 0 saturated heterocycles. The molecular weight excluding hydrogens is 311 g/mol. The first kappa shape index (κ1) is 13.7. The van der Waals surface area contributed by atoms with E-state index in [9.17, 15) is 9.18 Å². The first-order valence-electron chi connectivity index (χ1n) is 5.71. The molecule has 2 rings (SSSR count). The van der Waals surface area contributed by atoms with Crippen molar-refractivity contribution in [3.8, 4) is 5.75 Å². The van der Waals surface area contributed by atoms with Gasteiger partial charge in [0.05, 0.1) is 7.11 Å². The molecule has 0 heterocycles. The van der Waals surface area contributed by atoms with Gasteiger partial charge in [-0.15, -0.1) is 0 Å².